The van der Waals surface area contributed by atoms with Gasteiger partial charge < -0.3 is 15.5 Å². The molecule has 0 aromatic carbocycles. The molecule has 2 amide bonds. The maximum atomic E-state index is 13.1. The van der Waals surface area contributed by atoms with Crippen molar-refractivity contribution >= 4 is 24.2 Å². The predicted molar refractivity (Wildman–Crippen MR) is 92.6 cm³/mol. The first-order valence-corrected chi connectivity index (χ1v) is 8.84. The Morgan fingerprint density at radius 3 is 2.17 bits per heavy atom. The van der Waals surface area contributed by atoms with Crippen molar-refractivity contribution in [3.8, 4) is 0 Å². The molecule has 0 atom stereocenters. The summed E-state index contributed by atoms with van der Waals surface area (Å²) in [5, 5.41) is 6.47. The van der Waals surface area contributed by atoms with Crippen LogP contribution in [0.25, 0.3) is 0 Å². The summed E-state index contributed by atoms with van der Waals surface area (Å²) in [5.74, 6) is 0.0897. The highest BCUT2D eigenvalue weighted by atomic mass is 35.5. The van der Waals surface area contributed by atoms with Gasteiger partial charge in [-0.1, -0.05) is 19.3 Å². The molecule has 0 unspecified atom stereocenters. The van der Waals surface area contributed by atoms with Crippen LogP contribution in [-0.4, -0.2) is 48.4 Å². The minimum absolute atomic E-state index is 0. The molecular formula is C17H30ClN3O2. The molecule has 23 heavy (non-hydrogen) atoms. The molecule has 3 rings (SSSR count). The third kappa shape index (κ3) is 3.82. The number of likely N-dealkylation sites (tertiary alicyclic amines) is 1. The van der Waals surface area contributed by atoms with Gasteiger partial charge in [0.1, 0.15) is 5.54 Å². The third-order valence-corrected chi connectivity index (χ3v) is 5.98. The van der Waals surface area contributed by atoms with Gasteiger partial charge in [0.25, 0.3) is 0 Å². The third-order valence-electron chi connectivity index (χ3n) is 5.98. The second-order valence-electron chi connectivity index (χ2n) is 7.54. The molecule has 3 fully saturated rings. The maximum absolute atomic E-state index is 13.1. The minimum Gasteiger partial charge on any atom is -0.342 e. The lowest BCUT2D eigenvalue weighted by Crippen LogP contribution is -2.61. The first kappa shape index (κ1) is 18.5. The van der Waals surface area contributed by atoms with Gasteiger partial charge in [-0.25, -0.2) is 0 Å². The van der Waals surface area contributed by atoms with E-state index in [0.717, 1.165) is 64.7 Å². The molecule has 2 saturated heterocycles. The fourth-order valence-corrected chi connectivity index (χ4v) is 4.59. The van der Waals surface area contributed by atoms with E-state index in [1.807, 2.05) is 4.90 Å². The summed E-state index contributed by atoms with van der Waals surface area (Å²) in [7, 11) is 0. The Morgan fingerprint density at radius 1 is 1.00 bits per heavy atom. The zero-order valence-electron chi connectivity index (χ0n) is 14.2. The number of carbonyl (C=O) groups is 2. The van der Waals surface area contributed by atoms with Crippen molar-refractivity contribution in [1.29, 1.82) is 0 Å². The van der Waals surface area contributed by atoms with Crippen molar-refractivity contribution in [3.63, 3.8) is 0 Å². The molecule has 0 bridgehead atoms. The van der Waals surface area contributed by atoms with Gasteiger partial charge in [-0.05, 0) is 44.1 Å². The summed E-state index contributed by atoms with van der Waals surface area (Å²) in [6.45, 7) is 5.44. The Hall–Kier alpha value is -0.810. The van der Waals surface area contributed by atoms with E-state index in [-0.39, 0.29) is 24.2 Å². The van der Waals surface area contributed by atoms with Gasteiger partial charge in [0.2, 0.25) is 11.8 Å². The van der Waals surface area contributed by atoms with Crippen LogP contribution in [0.15, 0.2) is 0 Å². The molecule has 2 N–H and O–H groups in total. The molecule has 6 heteroatoms. The largest absolute Gasteiger partial charge is 0.342 e. The molecule has 5 nitrogen and oxygen atoms in total. The van der Waals surface area contributed by atoms with Crippen molar-refractivity contribution in [2.45, 2.75) is 63.8 Å². The number of hydrogen-bond acceptors (Lipinski definition) is 3. The summed E-state index contributed by atoms with van der Waals surface area (Å²) < 4.78 is 0. The SMILES string of the molecule is CC(=O)NC1(C(=O)N2CCC3(CCNC3)CC2)CCCCC1.Cl. The standard InChI is InChI=1S/C17H29N3O2.ClH/c1-14(21)19-17(5-3-2-4-6-17)15(22)20-11-8-16(9-12-20)7-10-18-13-16;/h18H,2-13H2,1H3,(H,19,21);1H. The molecule has 0 radical (unpaired) electrons. The van der Waals surface area contributed by atoms with E-state index in [9.17, 15) is 9.59 Å². The van der Waals surface area contributed by atoms with Gasteiger partial charge in [-0.3, -0.25) is 9.59 Å². The smallest absolute Gasteiger partial charge is 0.248 e. The molecule has 3 aliphatic rings. The topological polar surface area (TPSA) is 61.4 Å². The number of halogens is 1. The van der Waals surface area contributed by atoms with Crippen molar-refractivity contribution in [3.05, 3.63) is 0 Å². The van der Waals surface area contributed by atoms with E-state index in [1.54, 1.807) is 0 Å². The van der Waals surface area contributed by atoms with Gasteiger partial charge >= 0.3 is 0 Å². The Bertz CT molecular complexity index is 433. The molecular weight excluding hydrogens is 314 g/mol. The summed E-state index contributed by atoms with van der Waals surface area (Å²) >= 11 is 0. The zero-order chi connectivity index (χ0) is 15.6. The van der Waals surface area contributed by atoms with Crippen LogP contribution in [0.4, 0.5) is 0 Å². The Morgan fingerprint density at radius 2 is 1.65 bits per heavy atom. The quantitative estimate of drug-likeness (QED) is 0.804. The molecule has 1 saturated carbocycles. The molecule has 2 aliphatic heterocycles. The highest BCUT2D eigenvalue weighted by Gasteiger charge is 2.45. The number of nitrogens with zero attached hydrogens (tertiary/aromatic N) is 1. The monoisotopic (exact) mass is 343 g/mol. The number of rotatable bonds is 2. The lowest BCUT2D eigenvalue weighted by Gasteiger charge is -2.44. The summed E-state index contributed by atoms with van der Waals surface area (Å²) in [5.41, 5.74) is -0.201. The Balaban J connectivity index is 0.00000192. The van der Waals surface area contributed by atoms with Crippen LogP contribution in [0.5, 0.6) is 0 Å². The minimum atomic E-state index is -0.623. The number of piperidine rings is 1. The molecule has 0 aromatic rings. The van der Waals surface area contributed by atoms with E-state index in [2.05, 4.69) is 10.6 Å². The molecule has 132 valence electrons. The normalized spacial score (nSPS) is 25.7. The lowest BCUT2D eigenvalue weighted by atomic mass is 9.76. The van der Waals surface area contributed by atoms with Gasteiger partial charge in [0.05, 0.1) is 0 Å². The van der Waals surface area contributed by atoms with E-state index in [0.29, 0.717) is 5.41 Å². The second kappa shape index (κ2) is 7.39. The van der Waals surface area contributed by atoms with Gasteiger partial charge in [-0.2, -0.15) is 0 Å². The van der Waals surface area contributed by atoms with Crippen molar-refractivity contribution in [2.75, 3.05) is 26.2 Å². The highest BCUT2D eigenvalue weighted by Crippen LogP contribution is 2.38. The number of hydrogen-bond donors (Lipinski definition) is 2. The maximum Gasteiger partial charge on any atom is 0.248 e. The predicted octanol–water partition coefficient (Wildman–Crippen LogP) is 1.85. The zero-order valence-corrected chi connectivity index (χ0v) is 15.0. The van der Waals surface area contributed by atoms with Crippen LogP contribution < -0.4 is 10.6 Å². The molecule has 1 aliphatic carbocycles. The first-order valence-electron chi connectivity index (χ1n) is 8.84. The molecule has 1 spiro atoms. The van der Waals surface area contributed by atoms with E-state index >= 15 is 0 Å². The number of nitrogens with one attached hydrogen (secondary N) is 2. The second-order valence-corrected chi connectivity index (χ2v) is 7.54. The van der Waals surface area contributed by atoms with E-state index in [1.165, 1.54) is 19.8 Å². The average Bonchev–Trinajstić information content (AvgIpc) is 2.96. The lowest BCUT2D eigenvalue weighted by molar-refractivity contribution is -0.145. The van der Waals surface area contributed by atoms with Crippen LogP contribution in [0.3, 0.4) is 0 Å². The van der Waals surface area contributed by atoms with E-state index < -0.39 is 5.54 Å². The summed E-state index contributed by atoms with van der Waals surface area (Å²) in [6.07, 6.45) is 8.28. The van der Waals surface area contributed by atoms with Crippen LogP contribution in [0.2, 0.25) is 0 Å². The van der Waals surface area contributed by atoms with Crippen LogP contribution in [0.1, 0.15) is 58.3 Å². The summed E-state index contributed by atoms with van der Waals surface area (Å²) in [6, 6.07) is 0. The van der Waals surface area contributed by atoms with Gasteiger partial charge in [0, 0.05) is 26.6 Å². The van der Waals surface area contributed by atoms with E-state index in [4.69, 9.17) is 0 Å². The number of carbonyl (C=O) groups excluding carboxylic acids is 2. The van der Waals surface area contributed by atoms with Crippen LogP contribution >= 0.6 is 12.4 Å². The van der Waals surface area contributed by atoms with Gasteiger partial charge in [0.15, 0.2) is 0 Å². The highest BCUT2D eigenvalue weighted by molar-refractivity contribution is 5.91. The Labute approximate surface area is 145 Å². The molecule has 0 aromatic heterocycles. The number of amides is 2. The first-order chi connectivity index (χ1) is 10.6. The summed E-state index contributed by atoms with van der Waals surface area (Å²) in [4.78, 5) is 26.7. The van der Waals surface area contributed by atoms with Crippen molar-refractivity contribution in [2.24, 2.45) is 5.41 Å². The van der Waals surface area contributed by atoms with Crippen LogP contribution in [-0.2, 0) is 9.59 Å². The van der Waals surface area contributed by atoms with Crippen molar-refractivity contribution < 1.29 is 9.59 Å². The van der Waals surface area contributed by atoms with Crippen LogP contribution in [0, 0.1) is 5.41 Å². The fraction of sp³-hybridized carbons (Fsp3) is 0.882. The van der Waals surface area contributed by atoms with Gasteiger partial charge in [-0.15, -0.1) is 12.4 Å². The molecule has 2 heterocycles. The van der Waals surface area contributed by atoms with Crippen molar-refractivity contribution in [1.82, 2.24) is 15.5 Å². The fourth-order valence-electron chi connectivity index (χ4n) is 4.59. The Kier molecular flexibility index (Phi) is 5.95. The average molecular weight is 344 g/mol.